The third-order valence-corrected chi connectivity index (χ3v) is 5.50. The number of anilines is 1. The maximum atomic E-state index is 13.9. The summed E-state index contributed by atoms with van der Waals surface area (Å²) >= 11 is 15.2. The second-order valence-electron chi connectivity index (χ2n) is 5.91. The van der Waals surface area contributed by atoms with Crippen LogP contribution in [0, 0.1) is 22.9 Å². The maximum absolute atomic E-state index is 13.9. The lowest BCUT2D eigenvalue weighted by Gasteiger charge is -2.06. The molecule has 0 fully saturated rings. The largest absolute Gasteiger partial charge is 0.404 e. The Morgan fingerprint density at radius 2 is 2.07 bits per heavy atom. The zero-order valence-corrected chi connectivity index (χ0v) is 17.8. The number of nitrogens with one attached hydrogen (secondary N) is 1. The van der Waals surface area contributed by atoms with Crippen LogP contribution in [0.25, 0.3) is 0 Å². The monoisotopic (exact) mass is 504 g/mol. The molecule has 2 heterocycles. The summed E-state index contributed by atoms with van der Waals surface area (Å²) in [7, 11) is 0. The Balaban J connectivity index is 1.74. The Hall–Kier alpha value is -2.50. The van der Waals surface area contributed by atoms with E-state index in [9.17, 15) is 19.3 Å². The van der Waals surface area contributed by atoms with Crippen LogP contribution < -0.4 is 5.32 Å². The summed E-state index contributed by atoms with van der Waals surface area (Å²) in [6, 6.07) is 4.32. The van der Waals surface area contributed by atoms with Crippen LogP contribution in [0.15, 0.2) is 28.9 Å². The minimum atomic E-state index is -0.655. The number of carbonyl (C=O) groups is 1. The van der Waals surface area contributed by atoms with Crippen molar-refractivity contribution in [1.29, 1.82) is 0 Å². The summed E-state index contributed by atoms with van der Waals surface area (Å²) in [6.45, 7) is 1.30. The number of amides is 1. The van der Waals surface area contributed by atoms with Crippen molar-refractivity contribution in [2.24, 2.45) is 0 Å². The molecule has 0 saturated carbocycles. The third-order valence-electron chi connectivity index (χ3n) is 3.94. The standard InChI is InChI=1S/C16H12BrCl2FN6O3/c1-8-14(17)16(26(28)29)23-25(8)7-13(27)21-15-11(19)6-24(22-15)5-9-10(18)3-2-4-12(9)20/h2-4,6H,5,7H2,1H3,(H,21,22,27). The molecule has 3 aromatic rings. The molecule has 0 radical (unpaired) electrons. The van der Waals surface area contributed by atoms with Crippen LogP contribution in [-0.4, -0.2) is 30.4 Å². The number of halogens is 4. The normalized spacial score (nSPS) is 10.9. The van der Waals surface area contributed by atoms with Gasteiger partial charge in [0, 0.05) is 16.8 Å². The molecule has 29 heavy (non-hydrogen) atoms. The van der Waals surface area contributed by atoms with Crippen LogP contribution >= 0.6 is 39.1 Å². The van der Waals surface area contributed by atoms with Crippen molar-refractivity contribution in [2.45, 2.75) is 20.0 Å². The molecule has 13 heteroatoms. The number of hydrogen-bond acceptors (Lipinski definition) is 5. The summed E-state index contributed by atoms with van der Waals surface area (Å²) in [5, 5.41) is 21.7. The first-order chi connectivity index (χ1) is 13.7. The molecule has 3 rings (SSSR count). The van der Waals surface area contributed by atoms with Gasteiger partial charge < -0.3 is 15.4 Å². The molecule has 1 aromatic carbocycles. The molecule has 0 unspecified atom stereocenters. The Morgan fingerprint density at radius 1 is 1.34 bits per heavy atom. The molecule has 0 aliphatic carbocycles. The van der Waals surface area contributed by atoms with E-state index < -0.39 is 16.6 Å². The van der Waals surface area contributed by atoms with Gasteiger partial charge in [-0.2, -0.15) is 9.78 Å². The van der Waals surface area contributed by atoms with Gasteiger partial charge in [0.2, 0.25) is 5.91 Å². The summed E-state index contributed by atoms with van der Waals surface area (Å²) < 4.78 is 16.6. The smallest absolute Gasteiger partial charge is 0.358 e. The van der Waals surface area contributed by atoms with Gasteiger partial charge in [0.15, 0.2) is 5.82 Å². The molecule has 0 atom stereocenters. The van der Waals surface area contributed by atoms with Gasteiger partial charge >= 0.3 is 5.82 Å². The number of rotatable bonds is 6. The Morgan fingerprint density at radius 3 is 2.69 bits per heavy atom. The Kier molecular flexibility index (Phi) is 6.20. The lowest BCUT2D eigenvalue weighted by molar-refractivity contribution is -0.390. The fourth-order valence-electron chi connectivity index (χ4n) is 2.49. The predicted octanol–water partition coefficient (Wildman–Crippen LogP) is 4.19. The number of carbonyl (C=O) groups excluding carboxylic acids is 1. The van der Waals surface area contributed by atoms with E-state index in [4.69, 9.17) is 23.2 Å². The average molecular weight is 506 g/mol. The van der Waals surface area contributed by atoms with Crippen molar-refractivity contribution >= 4 is 56.7 Å². The Labute approximate surface area is 181 Å². The number of aromatic nitrogens is 4. The van der Waals surface area contributed by atoms with E-state index in [0.29, 0.717) is 5.69 Å². The van der Waals surface area contributed by atoms with E-state index in [1.54, 1.807) is 13.0 Å². The summed E-state index contributed by atoms with van der Waals surface area (Å²) in [6.07, 6.45) is 1.42. The van der Waals surface area contributed by atoms with Gasteiger partial charge in [0.05, 0.1) is 17.3 Å². The van der Waals surface area contributed by atoms with Crippen LogP contribution in [-0.2, 0) is 17.9 Å². The van der Waals surface area contributed by atoms with Crippen molar-refractivity contribution in [2.75, 3.05) is 5.32 Å². The van der Waals surface area contributed by atoms with Crippen molar-refractivity contribution in [3.63, 3.8) is 0 Å². The maximum Gasteiger partial charge on any atom is 0.404 e. The molecule has 9 nitrogen and oxygen atoms in total. The second-order valence-corrected chi connectivity index (χ2v) is 7.52. The third kappa shape index (κ3) is 4.57. The SMILES string of the molecule is Cc1c(Br)c([N+](=O)[O-])nn1CC(=O)Nc1nn(Cc2c(F)cccc2Cl)cc1Cl. The summed E-state index contributed by atoms with van der Waals surface area (Å²) in [5.41, 5.74) is 0.646. The highest BCUT2D eigenvalue weighted by molar-refractivity contribution is 9.10. The van der Waals surface area contributed by atoms with Crippen LogP contribution in [0.2, 0.25) is 10.0 Å². The molecule has 0 bridgehead atoms. The molecule has 0 spiro atoms. The van der Waals surface area contributed by atoms with Gasteiger partial charge in [-0.05, 0) is 39.9 Å². The topological polar surface area (TPSA) is 108 Å². The first-order valence-electron chi connectivity index (χ1n) is 8.00. The minimum absolute atomic E-state index is 0.0124. The van der Waals surface area contributed by atoms with E-state index in [2.05, 4.69) is 31.4 Å². The highest BCUT2D eigenvalue weighted by atomic mass is 79.9. The van der Waals surface area contributed by atoms with E-state index in [1.807, 2.05) is 0 Å². The minimum Gasteiger partial charge on any atom is -0.358 e. The summed E-state index contributed by atoms with van der Waals surface area (Å²) in [5.74, 6) is -1.37. The second kappa shape index (κ2) is 8.47. The van der Waals surface area contributed by atoms with Gasteiger partial charge in [-0.15, -0.1) is 0 Å². The van der Waals surface area contributed by atoms with Crippen molar-refractivity contribution < 1.29 is 14.1 Å². The van der Waals surface area contributed by atoms with E-state index in [1.165, 1.54) is 27.7 Å². The highest BCUT2D eigenvalue weighted by Gasteiger charge is 2.25. The van der Waals surface area contributed by atoms with E-state index in [0.717, 1.165) is 0 Å². The highest BCUT2D eigenvalue weighted by Crippen LogP contribution is 2.27. The molecule has 0 aliphatic rings. The molecule has 0 saturated heterocycles. The van der Waals surface area contributed by atoms with Gasteiger partial charge in [-0.25, -0.2) is 4.39 Å². The fourth-order valence-corrected chi connectivity index (χ4v) is 3.34. The lowest BCUT2D eigenvalue weighted by Crippen LogP contribution is -2.21. The number of benzene rings is 1. The van der Waals surface area contributed by atoms with Crippen LogP contribution in [0.5, 0.6) is 0 Å². The van der Waals surface area contributed by atoms with E-state index >= 15 is 0 Å². The molecular weight excluding hydrogens is 494 g/mol. The number of hydrogen-bond donors (Lipinski definition) is 1. The van der Waals surface area contributed by atoms with Gasteiger partial charge in [0.1, 0.15) is 21.9 Å². The zero-order chi connectivity index (χ0) is 21.3. The quantitative estimate of drug-likeness (QED) is 0.399. The van der Waals surface area contributed by atoms with E-state index in [-0.39, 0.29) is 44.8 Å². The lowest BCUT2D eigenvalue weighted by atomic mass is 10.2. The van der Waals surface area contributed by atoms with Gasteiger partial charge in [-0.3, -0.25) is 9.48 Å². The first kappa shape index (κ1) is 21.2. The van der Waals surface area contributed by atoms with Crippen molar-refractivity contribution in [3.8, 4) is 0 Å². The number of nitrogens with zero attached hydrogens (tertiary/aromatic N) is 5. The fraction of sp³-hybridized carbons (Fsp3) is 0.188. The molecule has 2 aromatic heterocycles. The molecule has 152 valence electrons. The van der Waals surface area contributed by atoms with Crippen LogP contribution in [0.1, 0.15) is 11.3 Å². The molecule has 1 N–H and O–H groups in total. The van der Waals surface area contributed by atoms with Gasteiger partial charge in [0.25, 0.3) is 0 Å². The number of nitro groups is 1. The van der Waals surface area contributed by atoms with Crippen LogP contribution in [0.4, 0.5) is 16.0 Å². The van der Waals surface area contributed by atoms with Crippen LogP contribution in [0.3, 0.4) is 0 Å². The summed E-state index contributed by atoms with van der Waals surface area (Å²) in [4.78, 5) is 22.6. The van der Waals surface area contributed by atoms with Crippen molar-refractivity contribution in [3.05, 3.63) is 66.1 Å². The average Bonchev–Trinajstić information content (AvgIpc) is 3.12. The van der Waals surface area contributed by atoms with Crippen molar-refractivity contribution in [1.82, 2.24) is 19.6 Å². The van der Waals surface area contributed by atoms with Gasteiger partial charge in [-0.1, -0.05) is 29.3 Å². The first-order valence-corrected chi connectivity index (χ1v) is 9.55. The Bertz CT molecular complexity index is 1100. The molecule has 1 amide bonds. The molecule has 0 aliphatic heterocycles. The predicted molar refractivity (Wildman–Crippen MR) is 108 cm³/mol. The zero-order valence-electron chi connectivity index (χ0n) is 14.7. The molecular formula is C16H12BrCl2FN6O3.